The molecule has 2 rings (SSSR count). The fourth-order valence-electron chi connectivity index (χ4n) is 2.45. The number of hydrogen-bond donors (Lipinski definition) is 1. The number of amides is 1. The van der Waals surface area contributed by atoms with Crippen LogP contribution < -0.4 is 10.1 Å². The average molecular weight is 358 g/mol. The monoisotopic (exact) mass is 357 g/mol. The number of rotatable bonds is 8. The highest BCUT2D eigenvalue weighted by Crippen LogP contribution is 2.30. The third-order valence-corrected chi connectivity index (χ3v) is 4.73. The first-order valence-corrected chi connectivity index (χ1v) is 9.73. The van der Waals surface area contributed by atoms with E-state index in [2.05, 4.69) is 44.3 Å². The molecule has 0 heterocycles. The first-order chi connectivity index (χ1) is 12.0. The topological polar surface area (TPSA) is 38.3 Å². The SMILES string of the molecule is CC(C)(C)c1ccccc1OCCNC(=O)CSCc1ccccc1. The Morgan fingerprint density at radius 2 is 1.72 bits per heavy atom. The van der Waals surface area contributed by atoms with Gasteiger partial charge in [-0.25, -0.2) is 0 Å². The number of hydrogen-bond acceptors (Lipinski definition) is 3. The van der Waals surface area contributed by atoms with Gasteiger partial charge in [-0.15, -0.1) is 11.8 Å². The summed E-state index contributed by atoms with van der Waals surface area (Å²) < 4.78 is 5.87. The Morgan fingerprint density at radius 1 is 1.04 bits per heavy atom. The molecule has 4 heteroatoms. The van der Waals surface area contributed by atoms with Crippen molar-refractivity contribution in [3.8, 4) is 5.75 Å². The number of benzene rings is 2. The highest BCUT2D eigenvalue weighted by Gasteiger charge is 2.18. The molecular weight excluding hydrogens is 330 g/mol. The maximum atomic E-state index is 11.9. The molecule has 0 aliphatic rings. The quantitative estimate of drug-likeness (QED) is 0.711. The van der Waals surface area contributed by atoms with E-state index in [0.717, 1.165) is 11.5 Å². The second kappa shape index (κ2) is 9.52. The van der Waals surface area contributed by atoms with Gasteiger partial charge in [0.15, 0.2) is 0 Å². The van der Waals surface area contributed by atoms with Crippen molar-refractivity contribution in [2.24, 2.45) is 0 Å². The molecule has 2 aromatic carbocycles. The molecule has 3 nitrogen and oxygen atoms in total. The van der Waals surface area contributed by atoms with Gasteiger partial charge < -0.3 is 10.1 Å². The molecule has 0 atom stereocenters. The Morgan fingerprint density at radius 3 is 2.44 bits per heavy atom. The second-order valence-corrected chi connectivity index (χ2v) is 7.91. The van der Waals surface area contributed by atoms with E-state index in [-0.39, 0.29) is 11.3 Å². The van der Waals surface area contributed by atoms with Crippen LogP contribution in [0.2, 0.25) is 0 Å². The molecule has 0 spiro atoms. The Balaban J connectivity index is 1.67. The molecule has 25 heavy (non-hydrogen) atoms. The number of para-hydroxylation sites is 1. The highest BCUT2D eigenvalue weighted by atomic mass is 32.2. The molecule has 0 saturated carbocycles. The largest absolute Gasteiger partial charge is 0.491 e. The van der Waals surface area contributed by atoms with Crippen LogP contribution in [0.5, 0.6) is 5.75 Å². The van der Waals surface area contributed by atoms with E-state index in [9.17, 15) is 4.79 Å². The van der Waals surface area contributed by atoms with E-state index in [1.165, 1.54) is 11.1 Å². The van der Waals surface area contributed by atoms with E-state index in [0.29, 0.717) is 18.9 Å². The Bertz CT molecular complexity index is 665. The smallest absolute Gasteiger partial charge is 0.230 e. The Hall–Kier alpha value is -1.94. The lowest BCUT2D eigenvalue weighted by Gasteiger charge is -2.22. The Labute approximate surface area is 155 Å². The van der Waals surface area contributed by atoms with Crippen LogP contribution in [0, 0.1) is 0 Å². The minimum absolute atomic E-state index is 0.0356. The molecule has 0 unspecified atom stereocenters. The van der Waals surface area contributed by atoms with Gasteiger partial charge in [-0.3, -0.25) is 4.79 Å². The zero-order chi connectivity index (χ0) is 18.1. The van der Waals surface area contributed by atoms with Gasteiger partial charge in [0.25, 0.3) is 0 Å². The van der Waals surface area contributed by atoms with Crippen LogP contribution in [-0.4, -0.2) is 24.8 Å². The van der Waals surface area contributed by atoms with Gasteiger partial charge in [-0.1, -0.05) is 69.3 Å². The van der Waals surface area contributed by atoms with Crippen LogP contribution in [0.4, 0.5) is 0 Å². The average Bonchev–Trinajstić information content (AvgIpc) is 2.59. The van der Waals surface area contributed by atoms with Crippen LogP contribution in [0.1, 0.15) is 31.9 Å². The predicted octanol–water partition coefficient (Wildman–Crippen LogP) is 4.41. The van der Waals surface area contributed by atoms with Crippen LogP contribution >= 0.6 is 11.8 Å². The van der Waals surface area contributed by atoms with Crippen molar-refractivity contribution in [1.29, 1.82) is 0 Å². The maximum Gasteiger partial charge on any atom is 0.230 e. The third kappa shape index (κ3) is 6.83. The van der Waals surface area contributed by atoms with Crippen LogP contribution in [0.15, 0.2) is 54.6 Å². The summed E-state index contributed by atoms with van der Waals surface area (Å²) in [6, 6.07) is 18.3. The molecule has 0 saturated heterocycles. The van der Waals surface area contributed by atoms with Gasteiger partial charge >= 0.3 is 0 Å². The van der Waals surface area contributed by atoms with Gasteiger partial charge in [0.2, 0.25) is 5.91 Å². The summed E-state index contributed by atoms with van der Waals surface area (Å²) in [6.07, 6.45) is 0. The number of carbonyl (C=O) groups is 1. The van der Waals surface area contributed by atoms with Gasteiger partial charge in [-0.05, 0) is 22.6 Å². The molecule has 134 valence electrons. The van der Waals surface area contributed by atoms with Crippen molar-refractivity contribution in [1.82, 2.24) is 5.32 Å². The van der Waals surface area contributed by atoms with Gasteiger partial charge in [0.1, 0.15) is 12.4 Å². The van der Waals surface area contributed by atoms with E-state index < -0.39 is 0 Å². The van der Waals surface area contributed by atoms with Crippen LogP contribution in [0.25, 0.3) is 0 Å². The lowest BCUT2D eigenvalue weighted by Crippen LogP contribution is -2.29. The second-order valence-electron chi connectivity index (χ2n) is 6.92. The van der Waals surface area contributed by atoms with Gasteiger partial charge in [0, 0.05) is 5.75 Å². The van der Waals surface area contributed by atoms with Crippen molar-refractivity contribution >= 4 is 17.7 Å². The fraction of sp³-hybridized carbons (Fsp3) is 0.381. The third-order valence-electron chi connectivity index (χ3n) is 3.72. The zero-order valence-corrected chi connectivity index (χ0v) is 16.1. The van der Waals surface area contributed by atoms with Crippen molar-refractivity contribution < 1.29 is 9.53 Å². The van der Waals surface area contributed by atoms with E-state index in [4.69, 9.17) is 4.74 Å². The first kappa shape index (κ1) is 19.4. The van der Waals surface area contributed by atoms with Crippen LogP contribution in [0.3, 0.4) is 0 Å². The molecule has 1 amide bonds. The summed E-state index contributed by atoms with van der Waals surface area (Å²) in [5, 5.41) is 2.91. The molecular formula is C21H27NO2S. The molecule has 0 aliphatic heterocycles. The van der Waals surface area contributed by atoms with Crippen LogP contribution in [-0.2, 0) is 16.0 Å². The van der Waals surface area contributed by atoms with Crippen molar-refractivity contribution in [3.05, 3.63) is 65.7 Å². The van der Waals surface area contributed by atoms with Crippen molar-refractivity contribution in [3.63, 3.8) is 0 Å². The van der Waals surface area contributed by atoms with E-state index >= 15 is 0 Å². The normalized spacial score (nSPS) is 11.2. The van der Waals surface area contributed by atoms with E-state index in [1.807, 2.05) is 36.4 Å². The lowest BCUT2D eigenvalue weighted by molar-refractivity contribution is -0.118. The number of nitrogens with one attached hydrogen (secondary N) is 1. The summed E-state index contributed by atoms with van der Waals surface area (Å²) in [7, 11) is 0. The number of carbonyl (C=O) groups excluding carboxylic acids is 1. The Kier molecular flexibility index (Phi) is 7.38. The van der Waals surface area contributed by atoms with Crippen molar-refractivity contribution in [2.45, 2.75) is 31.9 Å². The molecule has 0 aromatic heterocycles. The molecule has 0 bridgehead atoms. The maximum absolute atomic E-state index is 11.9. The number of thioether (sulfide) groups is 1. The summed E-state index contributed by atoms with van der Waals surface area (Å²) in [6.45, 7) is 7.49. The molecule has 2 aromatic rings. The summed E-state index contributed by atoms with van der Waals surface area (Å²) >= 11 is 1.62. The molecule has 1 N–H and O–H groups in total. The molecule has 0 fully saturated rings. The van der Waals surface area contributed by atoms with Crippen molar-refractivity contribution in [2.75, 3.05) is 18.9 Å². The standard InChI is InChI=1S/C21H27NO2S/c1-21(2,3)18-11-7-8-12-19(18)24-14-13-22-20(23)16-25-15-17-9-5-4-6-10-17/h4-12H,13-16H2,1-3H3,(H,22,23). The molecule has 0 radical (unpaired) electrons. The lowest BCUT2D eigenvalue weighted by atomic mass is 9.86. The minimum atomic E-state index is 0.0356. The van der Waals surface area contributed by atoms with Gasteiger partial charge in [-0.2, -0.15) is 0 Å². The predicted molar refractivity (Wildman–Crippen MR) is 106 cm³/mol. The summed E-state index contributed by atoms with van der Waals surface area (Å²) in [5.41, 5.74) is 2.45. The fourth-order valence-corrected chi connectivity index (χ4v) is 3.27. The first-order valence-electron chi connectivity index (χ1n) is 8.57. The minimum Gasteiger partial charge on any atom is -0.491 e. The van der Waals surface area contributed by atoms with E-state index in [1.54, 1.807) is 11.8 Å². The number of ether oxygens (including phenoxy) is 1. The summed E-state index contributed by atoms with van der Waals surface area (Å²) in [4.78, 5) is 11.9. The van der Waals surface area contributed by atoms with Gasteiger partial charge in [0.05, 0.1) is 12.3 Å². The summed E-state index contributed by atoms with van der Waals surface area (Å²) in [5.74, 6) is 2.26. The molecule has 0 aliphatic carbocycles. The zero-order valence-electron chi connectivity index (χ0n) is 15.2. The highest BCUT2D eigenvalue weighted by molar-refractivity contribution is 7.99.